The van der Waals surface area contributed by atoms with Crippen LogP contribution in [0.3, 0.4) is 0 Å². The van der Waals surface area contributed by atoms with Crippen LogP contribution in [-0.2, 0) is 9.59 Å². The Morgan fingerprint density at radius 1 is 1.10 bits per heavy atom. The number of carbonyl (C=O) groups excluding carboxylic acids is 1. The molecule has 0 radical (unpaired) electrons. The molecule has 2 saturated heterocycles. The van der Waals surface area contributed by atoms with Crippen molar-refractivity contribution in [3.05, 3.63) is 0 Å². The van der Waals surface area contributed by atoms with Crippen LogP contribution in [0.1, 0.15) is 39.5 Å². The number of rotatable bonds is 3. The van der Waals surface area contributed by atoms with Crippen LogP contribution in [0, 0.1) is 11.3 Å². The molecule has 2 aliphatic heterocycles. The highest BCUT2D eigenvalue weighted by Gasteiger charge is 2.30. The van der Waals surface area contributed by atoms with Crippen LogP contribution in [0.2, 0.25) is 0 Å². The summed E-state index contributed by atoms with van der Waals surface area (Å²) >= 11 is 0. The second kappa shape index (κ2) is 6.12. The van der Waals surface area contributed by atoms with Gasteiger partial charge < -0.3 is 10.0 Å². The minimum atomic E-state index is -0.727. The zero-order chi connectivity index (χ0) is 14.8. The third-order valence-electron chi connectivity index (χ3n) is 4.77. The van der Waals surface area contributed by atoms with E-state index in [4.69, 9.17) is 5.11 Å². The SMILES string of the molecule is CC1(C)CCN(CC(=O)N2CCC(C(=O)O)CC2)CC1. The average Bonchev–Trinajstić information content (AvgIpc) is 2.41. The van der Waals surface area contributed by atoms with Crippen molar-refractivity contribution in [2.75, 3.05) is 32.7 Å². The van der Waals surface area contributed by atoms with Gasteiger partial charge in [-0.1, -0.05) is 13.8 Å². The minimum Gasteiger partial charge on any atom is -0.481 e. The van der Waals surface area contributed by atoms with E-state index in [1.807, 2.05) is 4.90 Å². The molecule has 5 nitrogen and oxygen atoms in total. The predicted octanol–water partition coefficient (Wildman–Crippen LogP) is 1.43. The van der Waals surface area contributed by atoms with Crippen molar-refractivity contribution in [2.45, 2.75) is 39.5 Å². The number of likely N-dealkylation sites (tertiary alicyclic amines) is 2. The number of carboxylic acid groups (broad SMARTS) is 1. The second-order valence-corrected chi connectivity index (χ2v) is 6.93. The highest BCUT2D eigenvalue weighted by atomic mass is 16.4. The standard InChI is InChI=1S/C15H26N2O3/c1-15(2)5-9-16(10-6-15)11-13(18)17-7-3-12(4-8-17)14(19)20/h12H,3-11H2,1-2H3,(H,19,20). The summed E-state index contributed by atoms with van der Waals surface area (Å²) in [5.74, 6) is -0.834. The average molecular weight is 282 g/mol. The van der Waals surface area contributed by atoms with Gasteiger partial charge in [0.1, 0.15) is 0 Å². The third-order valence-corrected chi connectivity index (χ3v) is 4.77. The van der Waals surface area contributed by atoms with Crippen LogP contribution in [0.25, 0.3) is 0 Å². The third kappa shape index (κ3) is 3.95. The van der Waals surface area contributed by atoms with Crippen molar-refractivity contribution in [3.63, 3.8) is 0 Å². The van der Waals surface area contributed by atoms with Crippen molar-refractivity contribution in [1.29, 1.82) is 0 Å². The minimum absolute atomic E-state index is 0.161. The highest BCUT2D eigenvalue weighted by Crippen LogP contribution is 2.29. The van der Waals surface area contributed by atoms with Gasteiger partial charge in [-0.3, -0.25) is 14.5 Å². The number of carbonyl (C=O) groups is 2. The molecule has 0 aromatic heterocycles. The van der Waals surface area contributed by atoms with Crippen LogP contribution in [0.4, 0.5) is 0 Å². The summed E-state index contributed by atoms with van der Waals surface area (Å²) in [6.07, 6.45) is 3.46. The Kier molecular flexibility index (Phi) is 4.68. The predicted molar refractivity (Wildman–Crippen MR) is 76.4 cm³/mol. The van der Waals surface area contributed by atoms with E-state index in [0.717, 1.165) is 25.9 Å². The molecule has 0 aromatic rings. The van der Waals surface area contributed by atoms with Crippen molar-refractivity contribution >= 4 is 11.9 Å². The van der Waals surface area contributed by atoms with Crippen molar-refractivity contribution in [3.8, 4) is 0 Å². The van der Waals surface area contributed by atoms with Gasteiger partial charge in [0.25, 0.3) is 0 Å². The van der Waals surface area contributed by atoms with E-state index in [1.54, 1.807) is 0 Å². The molecule has 2 heterocycles. The first-order chi connectivity index (χ1) is 9.37. The molecule has 20 heavy (non-hydrogen) atoms. The van der Waals surface area contributed by atoms with Gasteiger partial charge in [-0.05, 0) is 44.2 Å². The molecule has 0 bridgehead atoms. The Balaban J connectivity index is 1.75. The molecule has 0 aliphatic carbocycles. The Morgan fingerprint density at radius 2 is 1.65 bits per heavy atom. The van der Waals surface area contributed by atoms with Crippen molar-refractivity contribution < 1.29 is 14.7 Å². The van der Waals surface area contributed by atoms with Gasteiger partial charge in [0.05, 0.1) is 12.5 Å². The largest absolute Gasteiger partial charge is 0.481 e. The van der Waals surface area contributed by atoms with E-state index >= 15 is 0 Å². The Bertz CT molecular complexity index is 363. The van der Waals surface area contributed by atoms with Gasteiger partial charge in [0, 0.05) is 13.1 Å². The van der Waals surface area contributed by atoms with Crippen LogP contribution >= 0.6 is 0 Å². The number of hydrogen-bond acceptors (Lipinski definition) is 3. The summed E-state index contributed by atoms with van der Waals surface area (Å²) in [6.45, 7) is 8.22. The van der Waals surface area contributed by atoms with Gasteiger partial charge in [-0.15, -0.1) is 0 Å². The zero-order valence-corrected chi connectivity index (χ0v) is 12.6. The molecule has 0 atom stereocenters. The van der Waals surface area contributed by atoms with Gasteiger partial charge in [-0.2, -0.15) is 0 Å². The lowest BCUT2D eigenvalue weighted by Crippen LogP contribution is -2.47. The van der Waals surface area contributed by atoms with E-state index in [0.29, 0.717) is 37.9 Å². The highest BCUT2D eigenvalue weighted by molar-refractivity contribution is 5.79. The summed E-state index contributed by atoms with van der Waals surface area (Å²) in [5.41, 5.74) is 0.402. The molecule has 114 valence electrons. The number of nitrogens with zero attached hydrogens (tertiary/aromatic N) is 2. The monoisotopic (exact) mass is 282 g/mol. The van der Waals surface area contributed by atoms with Crippen LogP contribution in [0.5, 0.6) is 0 Å². The number of hydrogen-bond donors (Lipinski definition) is 1. The maximum atomic E-state index is 12.2. The summed E-state index contributed by atoms with van der Waals surface area (Å²) < 4.78 is 0. The zero-order valence-electron chi connectivity index (χ0n) is 12.6. The van der Waals surface area contributed by atoms with E-state index in [9.17, 15) is 9.59 Å². The van der Waals surface area contributed by atoms with E-state index in [-0.39, 0.29) is 11.8 Å². The van der Waals surface area contributed by atoms with Gasteiger partial charge in [0.15, 0.2) is 0 Å². The van der Waals surface area contributed by atoms with Gasteiger partial charge in [-0.25, -0.2) is 0 Å². The Labute approximate surface area is 120 Å². The lowest BCUT2D eigenvalue weighted by Gasteiger charge is -2.38. The molecule has 2 rings (SSSR count). The van der Waals surface area contributed by atoms with E-state index in [2.05, 4.69) is 18.7 Å². The molecule has 0 saturated carbocycles. The number of aliphatic carboxylic acids is 1. The first-order valence-electron chi connectivity index (χ1n) is 7.60. The molecule has 0 unspecified atom stereocenters. The molecule has 2 aliphatic rings. The van der Waals surface area contributed by atoms with Crippen LogP contribution < -0.4 is 0 Å². The summed E-state index contributed by atoms with van der Waals surface area (Å²) in [7, 11) is 0. The Morgan fingerprint density at radius 3 is 2.15 bits per heavy atom. The van der Waals surface area contributed by atoms with Gasteiger partial charge >= 0.3 is 5.97 Å². The summed E-state index contributed by atoms with van der Waals surface area (Å²) in [6, 6.07) is 0. The number of piperidine rings is 2. The topological polar surface area (TPSA) is 60.9 Å². The quantitative estimate of drug-likeness (QED) is 0.850. The lowest BCUT2D eigenvalue weighted by molar-refractivity contribution is -0.146. The van der Waals surface area contributed by atoms with Crippen LogP contribution in [-0.4, -0.2) is 59.5 Å². The maximum Gasteiger partial charge on any atom is 0.306 e. The molecular weight excluding hydrogens is 256 g/mol. The fraction of sp³-hybridized carbons (Fsp3) is 0.867. The molecule has 1 amide bonds. The van der Waals surface area contributed by atoms with Gasteiger partial charge in [0.2, 0.25) is 5.91 Å². The first kappa shape index (κ1) is 15.3. The van der Waals surface area contributed by atoms with Crippen molar-refractivity contribution in [1.82, 2.24) is 9.80 Å². The van der Waals surface area contributed by atoms with Crippen LogP contribution in [0.15, 0.2) is 0 Å². The normalized spacial score (nSPS) is 24.6. The second-order valence-electron chi connectivity index (χ2n) is 6.93. The number of carboxylic acids is 1. The molecule has 2 fully saturated rings. The molecule has 0 aromatic carbocycles. The smallest absolute Gasteiger partial charge is 0.306 e. The van der Waals surface area contributed by atoms with Crippen molar-refractivity contribution in [2.24, 2.45) is 11.3 Å². The molecule has 5 heteroatoms. The first-order valence-corrected chi connectivity index (χ1v) is 7.60. The Hall–Kier alpha value is -1.10. The fourth-order valence-electron chi connectivity index (χ4n) is 2.98. The summed E-state index contributed by atoms with van der Waals surface area (Å²) in [4.78, 5) is 27.2. The molecule has 1 N–H and O–H groups in total. The summed E-state index contributed by atoms with van der Waals surface area (Å²) in [5, 5.41) is 8.96. The number of amides is 1. The van der Waals surface area contributed by atoms with E-state index in [1.165, 1.54) is 0 Å². The van der Waals surface area contributed by atoms with E-state index < -0.39 is 5.97 Å². The fourth-order valence-corrected chi connectivity index (χ4v) is 2.98. The molecule has 0 spiro atoms. The lowest BCUT2D eigenvalue weighted by atomic mass is 9.83. The maximum absolute atomic E-state index is 12.2. The molecular formula is C15H26N2O3.